The van der Waals surface area contributed by atoms with Gasteiger partial charge >= 0.3 is 0 Å². The number of amides is 1. The molecule has 178 valence electrons. The van der Waals surface area contributed by atoms with Gasteiger partial charge in [-0.25, -0.2) is 14.1 Å². The summed E-state index contributed by atoms with van der Waals surface area (Å²) in [4.78, 5) is 16.9. The molecular weight excluding hydrogens is 429 g/mol. The minimum Gasteiger partial charge on any atom is -0.348 e. The Kier molecular flexibility index (Phi) is 6.11. The molecule has 0 saturated carbocycles. The molecule has 6 nitrogen and oxygen atoms in total. The van der Waals surface area contributed by atoms with Gasteiger partial charge in [-0.15, -0.1) is 0 Å². The molecule has 2 aromatic heterocycles. The van der Waals surface area contributed by atoms with Gasteiger partial charge in [-0.3, -0.25) is 4.79 Å². The van der Waals surface area contributed by atoms with Crippen molar-refractivity contribution in [2.75, 3.05) is 0 Å². The number of imidazole rings is 1. The van der Waals surface area contributed by atoms with Gasteiger partial charge in [0.05, 0.1) is 30.1 Å². The van der Waals surface area contributed by atoms with Crippen LogP contribution in [0.2, 0.25) is 0 Å². The van der Waals surface area contributed by atoms with Gasteiger partial charge in [-0.2, -0.15) is 5.10 Å². The van der Waals surface area contributed by atoms with Crippen LogP contribution < -0.4 is 5.32 Å². The van der Waals surface area contributed by atoms with E-state index in [0.29, 0.717) is 17.5 Å². The highest BCUT2D eigenvalue weighted by Crippen LogP contribution is 2.48. The maximum atomic E-state index is 13.4. The number of carbonyl (C=O) groups is 1. The third-order valence-corrected chi connectivity index (χ3v) is 7.52. The van der Waals surface area contributed by atoms with Gasteiger partial charge in [0.25, 0.3) is 5.91 Å². The number of halogens is 1. The van der Waals surface area contributed by atoms with Crippen molar-refractivity contribution in [3.05, 3.63) is 76.9 Å². The summed E-state index contributed by atoms with van der Waals surface area (Å²) in [6, 6.07) is 6.68. The molecule has 2 heterocycles. The number of carbonyl (C=O) groups excluding carboxylic acids is 1. The van der Waals surface area contributed by atoms with Crippen molar-refractivity contribution in [1.82, 2.24) is 24.6 Å². The second-order valence-electron chi connectivity index (χ2n) is 9.71. The summed E-state index contributed by atoms with van der Waals surface area (Å²) >= 11 is 0. The molecule has 0 aliphatic heterocycles. The SMILES string of the molecule is CCCC(C[C@H]1CCC2=C1[C@@H](C)c1cnn(-c3ccc(F)cc3)c1C2)NC(=O)c1cncn1C. The molecule has 1 amide bonds. The molecule has 0 bridgehead atoms. The largest absolute Gasteiger partial charge is 0.348 e. The fourth-order valence-corrected chi connectivity index (χ4v) is 5.91. The molecule has 1 N–H and O–H groups in total. The van der Waals surface area contributed by atoms with Gasteiger partial charge in [-0.1, -0.05) is 31.4 Å². The lowest BCUT2D eigenvalue weighted by Gasteiger charge is -2.29. The van der Waals surface area contributed by atoms with Crippen LogP contribution >= 0.6 is 0 Å². The Morgan fingerprint density at radius 2 is 2.06 bits per heavy atom. The quantitative estimate of drug-likeness (QED) is 0.498. The number of nitrogens with one attached hydrogen (secondary N) is 1. The molecule has 3 aromatic rings. The molecule has 3 atom stereocenters. The van der Waals surface area contributed by atoms with Gasteiger partial charge in [0.15, 0.2) is 0 Å². The zero-order chi connectivity index (χ0) is 23.8. The highest BCUT2D eigenvalue weighted by Gasteiger charge is 2.37. The molecule has 1 aromatic carbocycles. The Labute approximate surface area is 199 Å². The Morgan fingerprint density at radius 3 is 2.76 bits per heavy atom. The van der Waals surface area contributed by atoms with E-state index in [9.17, 15) is 9.18 Å². The van der Waals surface area contributed by atoms with E-state index in [4.69, 9.17) is 0 Å². The van der Waals surface area contributed by atoms with Crippen LogP contribution in [0.5, 0.6) is 0 Å². The first-order valence-electron chi connectivity index (χ1n) is 12.3. The van der Waals surface area contributed by atoms with Crippen molar-refractivity contribution in [3.8, 4) is 5.69 Å². The van der Waals surface area contributed by atoms with Crippen LogP contribution in [0, 0.1) is 11.7 Å². The average molecular weight is 462 g/mol. The fourth-order valence-electron chi connectivity index (χ4n) is 5.91. The Bertz CT molecular complexity index is 1220. The van der Waals surface area contributed by atoms with Crippen LogP contribution in [0.3, 0.4) is 0 Å². The monoisotopic (exact) mass is 461 g/mol. The molecule has 0 radical (unpaired) electrons. The molecular formula is C27H32FN5O. The highest BCUT2D eigenvalue weighted by atomic mass is 19.1. The number of fused-ring (bicyclic) bond motifs is 1. The second-order valence-corrected chi connectivity index (χ2v) is 9.71. The lowest BCUT2D eigenvalue weighted by atomic mass is 9.78. The minimum atomic E-state index is -0.237. The van der Waals surface area contributed by atoms with E-state index in [-0.39, 0.29) is 17.8 Å². The average Bonchev–Trinajstić information content (AvgIpc) is 3.54. The fraction of sp³-hybridized carbons (Fsp3) is 0.444. The molecule has 7 heteroatoms. The smallest absolute Gasteiger partial charge is 0.269 e. The first-order chi connectivity index (χ1) is 16.5. The first-order valence-corrected chi connectivity index (χ1v) is 12.3. The summed E-state index contributed by atoms with van der Waals surface area (Å²) in [5, 5.41) is 7.95. The number of allylic oxidation sites excluding steroid dienone is 2. The maximum absolute atomic E-state index is 13.4. The summed E-state index contributed by atoms with van der Waals surface area (Å²) in [5.74, 6) is 0.482. The summed E-state index contributed by atoms with van der Waals surface area (Å²) in [6.45, 7) is 4.45. The number of benzene rings is 1. The number of nitrogens with zero attached hydrogens (tertiary/aromatic N) is 4. The Balaban J connectivity index is 1.35. The lowest BCUT2D eigenvalue weighted by molar-refractivity contribution is 0.0921. The van der Waals surface area contributed by atoms with Gasteiger partial charge in [0.1, 0.15) is 11.5 Å². The zero-order valence-electron chi connectivity index (χ0n) is 20.1. The van der Waals surface area contributed by atoms with Crippen LogP contribution in [-0.4, -0.2) is 31.3 Å². The summed E-state index contributed by atoms with van der Waals surface area (Å²) in [7, 11) is 1.85. The highest BCUT2D eigenvalue weighted by molar-refractivity contribution is 5.92. The predicted molar refractivity (Wildman–Crippen MR) is 129 cm³/mol. The van der Waals surface area contributed by atoms with E-state index >= 15 is 0 Å². The molecule has 0 saturated heterocycles. The topological polar surface area (TPSA) is 64.7 Å². The Morgan fingerprint density at radius 1 is 1.26 bits per heavy atom. The van der Waals surface area contributed by atoms with E-state index < -0.39 is 0 Å². The van der Waals surface area contributed by atoms with Crippen molar-refractivity contribution < 1.29 is 9.18 Å². The number of aromatic nitrogens is 4. The molecule has 2 aliphatic rings. The van der Waals surface area contributed by atoms with Crippen LogP contribution in [0.1, 0.15) is 73.6 Å². The third kappa shape index (κ3) is 4.08. The number of hydrogen-bond donors (Lipinski definition) is 1. The van der Waals surface area contributed by atoms with Gasteiger partial charge in [0.2, 0.25) is 0 Å². The summed E-state index contributed by atoms with van der Waals surface area (Å²) < 4.78 is 17.1. The number of hydrogen-bond acceptors (Lipinski definition) is 3. The van der Waals surface area contributed by atoms with Crippen molar-refractivity contribution in [2.45, 2.75) is 64.3 Å². The number of aryl methyl sites for hydroxylation is 1. The number of rotatable bonds is 7. The first kappa shape index (κ1) is 22.6. The van der Waals surface area contributed by atoms with Gasteiger partial charge < -0.3 is 9.88 Å². The maximum Gasteiger partial charge on any atom is 0.269 e. The van der Waals surface area contributed by atoms with Crippen molar-refractivity contribution in [3.63, 3.8) is 0 Å². The van der Waals surface area contributed by atoms with E-state index in [1.165, 1.54) is 29.0 Å². The van der Waals surface area contributed by atoms with E-state index in [0.717, 1.165) is 44.2 Å². The second kappa shape index (κ2) is 9.20. The lowest BCUT2D eigenvalue weighted by Crippen LogP contribution is -2.37. The van der Waals surface area contributed by atoms with Crippen molar-refractivity contribution in [1.29, 1.82) is 0 Å². The normalized spacial score (nSPS) is 20.2. The van der Waals surface area contributed by atoms with Gasteiger partial charge in [0, 0.05) is 31.0 Å². The Hall–Kier alpha value is -3.22. The predicted octanol–water partition coefficient (Wildman–Crippen LogP) is 5.10. The standard InChI is InChI=1S/C27H32FN5O/c1-4-5-21(31-27(34)25-15-29-16-32(25)3)12-18-6-7-19-13-24-23(17(2)26(18)19)14-30-33(24)22-10-8-20(28)9-11-22/h8-11,14-18,21H,4-7,12-13H2,1-3H3,(H,31,34)/t17-,18+,21?/m0/s1. The van der Waals surface area contributed by atoms with Crippen LogP contribution in [0.25, 0.3) is 5.69 Å². The molecule has 34 heavy (non-hydrogen) atoms. The summed E-state index contributed by atoms with van der Waals surface area (Å²) in [6.07, 6.45) is 11.3. The summed E-state index contributed by atoms with van der Waals surface area (Å²) in [5.41, 5.74) is 7.03. The van der Waals surface area contributed by atoms with E-state index in [1.54, 1.807) is 34.8 Å². The molecule has 2 aliphatic carbocycles. The van der Waals surface area contributed by atoms with E-state index in [1.807, 2.05) is 17.9 Å². The van der Waals surface area contributed by atoms with Crippen molar-refractivity contribution >= 4 is 5.91 Å². The van der Waals surface area contributed by atoms with Crippen molar-refractivity contribution in [2.24, 2.45) is 13.0 Å². The van der Waals surface area contributed by atoms with Crippen LogP contribution in [-0.2, 0) is 13.5 Å². The third-order valence-electron chi connectivity index (χ3n) is 7.52. The zero-order valence-corrected chi connectivity index (χ0v) is 20.1. The molecule has 1 unspecified atom stereocenters. The van der Waals surface area contributed by atoms with Gasteiger partial charge in [-0.05, 0) is 55.9 Å². The van der Waals surface area contributed by atoms with E-state index in [2.05, 4.69) is 29.2 Å². The molecule has 0 fully saturated rings. The van der Waals surface area contributed by atoms with Crippen LogP contribution in [0.4, 0.5) is 4.39 Å². The van der Waals surface area contributed by atoms with Crippen LogP contribution in [0.15, 0.2) is 54.1 Å². The molecule has 0 spiro atoms. The minimum absolute atomic E-state index is 0.0507. The molecule has 5 rings (SSSR count).